The van der Waals surface area contributed by atoms with Crippen molar-refractivity contribution >= 4 is 38.9 Å². The molecule has 3 nitrogen and oxygen atoms in total. The van der Waals surface area contributed by atoms with E-state index in [-0.39, 0.29) is 0 Å². The van der Waals surface area contributed by atoms with Gasteiger partial charge in [0.15, 0.2) is 0 Å². The van der Waals surface area contributed by atoms with Crippen LogP contribution in [0.25, 0.3) is 0 Å². The van der Waals surface area contributed by atoms with E-state index in [9.17, 15) is 0 Å². The molecule has 0 fully saturated rings. The van der Waals surface area contributed by atoms with Crippen molar-refractivity contribution in [3.63, 3.8) is 0 Å². The van der Waals surface area contributed by atoms with Crippen LogP contribution in [0.5, 0.6) is 5.88 Å². The fourth-order valence-electron chi connectivity index (χ4n) is 1.31. The molecule has 0 atom stereocenters. The van der Waals surface area contributed by atoms with Gasteiger partial charge in [-0.3, -0.25) is 0 Å². The summed E-state index contributed by atoms with van der Waals surface area (Å²) in [5, 5.41) is 0.514. The Labute approximate surface area is 117 Å². The molecule has 0 aliphatic rings. The van der Waals surface area contributed by atoms with E-state index in [0.717, 1.165) is 16.6 Å². The molecule has 0 amide bonds. The lowest BCUT2D eigenvalue weighted by Gasteiger charge is -2.06. The summed E-state index contributed by atoms with van der Waals surface area (Å²) < 4.78 is 6.38. The van der Waals surface area contributed by atoms with E-state index in [4.69, 9.17) is 16.3 Å². The molecule has 0 unspecified atom stereocenters. The summed E-state index contributed by atoms with van der Waals surface area (Å²) in [5.41, 5.74) is 2.91. The lowest BCUT2D eigenvalue weighted by molar-refractivity contribution is 0.310. The number of hydrogen-bond acceptors (Lipinski definition) is 4. The van der Waals surface area contributed by atoms with Crippen molar-refractivity contribution in [3.05, 3.63) is 37.8 Å². The monoisotopic (exact) mass is 332 g/mol. The van der Waals surface area contributed by atoms with Gasteiger partial charge in [-0.05, 0) is 28.9 Å². The predicted molar refractivity (Wildman–Crippen MR) is 73.0 cm³/mol. The lowest BCUT2D eigenvalue weighted by Crippen LogP contribution is -2.03. The van der Waals surface area contributed by atoms with Gasteiger partial charge >= 0.3 is 0 Å². The molecule has 0 saturated carbocycles. The Bertz CT molecular complexity index is 518. The van der Waals surface area contributed by atoms with E-state index in [2.05, 4.69) is 25.9 Å². The zero-order chi connectivity index (χ0) is 12.3. The first-order chi connectivity index (χ1) is 8.16. The number of aromatic nitrogens is 2. The standard InChI is InChI=1S/C11H10BrClN2OS/c1-7-10(17-6-15-7)2-3-16-11-9(13)4-8(12)5-14-11/h4-6H,2-3H2,1H3. The van der Waals surface area contributed by atoms with Gasteiger partial charge in [0.2, 0.25) is 5.88 Å². The SMILES string of the molecule is Cc1ncsc1CCOc1ncc(Br)cc1Cl. The smallest absolute Gasteiger partial charge is 0.232 e. The van der Waals surface area contributed by atoms with Crippen LogP contribution in [0.1, 0.15) is 10.6 Å². The van der Waals surface area contributed by atoms with E-state index in [1.165, 1.54) is 4.88 Å². The summed E-state index contributed by atoms with van der Waals surface area (Å²) in [5.74, 6) is 0.469. The Morgan fingerprint density at radius 1 is 1.47 bits per heavy atom. The fourth-order valence-corrected chi connectivity index (χ4v) is 2.76. The zero-order valence-electron chi connectivity index (χ0n) is 9.11. The number of aryl methyl sites for hydroxylation is 1. The highest BCUT2D eigenvalue weighted by molar-refractivity contribution is 9.10. The summed E-state index contributed by atoms with van der Waals surface area (Å²) in [7, 11) is 0. The third kappa shape index (κ3) is 3.40. The Hall–Kier alpha value is -0.650. The van der Waals surface area contributed by atoms with Crippen LogP contribution in [-0.4, -0.2) is 16.6 Å². The molecule has 0 aliphatic carbocycles. The van der Waals surface area contributed by atoms with Gasteiger partial charge in [-0.1, -0.05) is 11.6 Å². The molecular weight excluding hydrogens is 324 g/mol. The van der Waals surface area contributed by atoms with Crippen LogP contribution >= 0.6 is 38.9 Å². The number of pyridine rings is 1. The first-order valence-corrected chi connectivity index (χ1v) is 7.04. The normalized spacial score (nSPS) is 10.5. The van der Waals surface area contributed by atoms with Gasteiger partial charge in [0.1, 0.15) is 5.02 Å². The third-order valence-corrected chi connectivity index (χ3v) is 3.89. The second-order valence-electron chi connectivity index (χ2n) is 3.40. The average molecular weight is 334 g/mol. The minimum absolute atomic E-state index is 0.469. The van der Waals surface area contributed by atoms with Crippen LogP contribution in [0.3, 0.4) is 0 Å². The summed E-state index contributed by atoms with van der Waals surface area (Å²) in [6, 6.07) is 1.77. The highest BCUT2D eigenvalue weighted by Gasteiger charge is 2.05. The Kier molecular flexibility index (Phi) is 4.36. The summed E-state index contributed by atoms with van der Waals surface area (Å²) in [4.78, 5) is 9.53. The molecule has 2 rings (SSSR count). The molecule has 0 saturated heterocycles. The maximum absolute atomic E-state index is 5.99. The highest BCUT2D eigenvalue weighted by atomic mass is 79.9. The molecular formula is C11H10BrClN2OS. The Balaban J connectivity index is 1.92. The summed E-state index contributed by atoms with van der Waals surface area (Å²) in [6.45, 7) is 2.55. The first kappa shape index (κ1) is 12.8. The molecule has 2 heterocycles. The van der Waals surface area contributed by atoms with Crippen molar-refractivity contribution in [2.75, 3.05) is 6.61 Å². The largest absolute Gasteiger partial charge is 0.476 e. The van der Waals surface area contributed by atoms with Gasteiger partial charge < -0.3 is 4.74 Å². The number of halogens is 2. The Morgan fingerprint density at radius 2 is 2.29 bits per heavy atom. The number of rotatable bonds is 4. The number of nitrogens with zero attached hydrogens (tertiary/aromatic N) is 2. The second-order valence-corrected chi connectivity index (χ2v) is 5.66. The second kappa shape index (κ2) is 5.80. The molecule has 2 aromatic rings. The number of hydrogen-bond donors (Lipinski definition) is 0. The van der Waals surface area contributed by atoms with Crippen molar-refractivity contribution in [1.29, 1.82) is 0 Å². The maximum Gasteiger partial charge on any atom is 0.232 e. The van der Waals surface area contributed by atoms with Gasteiger partial charge in [0.05, 0.1) is 17.8 Å². The van der Waals surface area contributed by atoms with Crippen molar-refractivity contribution < 1.29 is 4.74 Å². The molecule has 0 N–H and O–H groups in total. The van der Waals surface area contributed by atoms with Crippen LogP contribution in [-0.2, 0) is 6.42 Å². The van der Waals surface area contributed by atoms with Crippen molar-refractivity contribution in [1.82, 2.24) is 9.97 Å². The van der Waals surface area contributed by atoms with E-state index in [1.54, 1.807) is 23.6 Å². The predicted octanol–water partition coefficient (Wildman–Crippen LogP) is 3.88. The number of ether oxygens (including phenoxy) is 1. The van der Waals surface area contributed by atoms with Crippen LogP contribution in [0, 0.1) is 6.92 Å². The zero-order valence-corrected chi connectivity index (χ0v) is 12.3. The van der Waals surface area contributed by atoms with E-state index in [0.29, 0.717) is 17.5 Å². The third-order valence-electron chi connectivity index (χ3n) is 2.19. The van der Waals surface area contributed by atoms with Gasteiger partial charge in [0, 0.05) is 22.0 Å². The molecule has 0 spiro atoms. The van der Waals surface area contributed by atoms with Crippen LogP contribution in [0.15, 0.2) is 22.2 Å². The molecule has 2 aromatic heterocycles. The van der Waals surface area contributed by atoms with Crippen LogP contribution < -0.4 is 4.74 Å². The average Bonchev–Trinajstić information content (AvgIpc) is 2.68. The highest BCUT2D eigenvalue weighted by Crippen LogP contribution is 2.25. The molecule has 0 aliphatic heterocycles. The summed E-state index contributed by atoms with van der Waals surface area (Å²) >= 11 is 10.9. The molecule has 0 radical (unpaired) electrons. The molecule has 0 aromatic carbocycles. The number of thiazole rings is 1. The minimum Gasteiger partial charge on any atom is -0.476 e. The first-order valence-electron chi connectivity index (χ1n) is 4.99. The fraction of sp³-hybridized carbons (Fsp3) is 0.273. The maximum atomic E-state index is 5.99. The van der Waals surface area contributed by atoms with Gasteiger partial charge in [0.25, 0.3) is 0 Å². The molecule has 17 heavy (non-hydrogen) atoms. The van der Waals surface area contributed by atoms with Crippen molar-refractivity contribution in [2.45, 2.75) is 13.3 Å². The van der Waals surface area contributed by atoms with Crippen LogP contribution in [0.2, 0.25) is 5.02 Å². The van der Waals surface area contributed by atoms with Gasteiger partial charge in [-0.2, -0.15) is 0 Å². The van der Waals surface area contributed by atoms with E-state index < -0.39 is 0 Å². The lowest BCUT2D eigenvalue weighted by atomic mass is 10.3. The quantitative estimate of drug-likeness (QED) is 0.851. The van der Waals surface area contributed by atoms with Gasteiger partial charge in [-0.25, -0.2) is 9.97 Å². The minimum atomic E-state index is 0.469. The van der Waals surface area contributed by atoms with Crippen molar-refractivity contribution in [3.8, 4) is 5.88 Å². The van der Waals surface area contributed by atoms with Gasteiger partial charge in [-0.15, -0.1) is 11.3 Å². The summed E-state index contributed by atoms with van der Waals surface area (Å²) in [6.07, 6.45) is 2.49. The van der Waals surface area contributed by atoms with Crippen molar-refractivity contribution in [2.24, 2.45) is 0 Å². The molecule has 90 valence electrons. The van der Waals surface area contributed by atoms with Crippen LogP contribution in [0.4, 0.5) is 0 Å². The topological polar surface area (TPSA) is 35.0 Å². The van der Waals surface area contributed by atoms with E-state index >= 15 is 0 Å². The van der Waals surface area contributed by atoms with E-state index in [1.807, 2.05) is 12.4 Å². The molecule has 0 bridgehead atoms. The molecule has 6 heteroatoms. The Morgan fingerprint density at radius 3 is 2.94 bits per heavy atom.